The Morgan fingerprint density at radius 3 is 2.55 bits per heavy atom. The average molecular weight is 267 g/mol. The maximum Gasteiger partial charge on any atom is 0.224 e. The average Bonchev–Trinajstić information content (AvgIpc) is 3.09. The number of ether oxygens (including phenoxy) is 1. The summed E-state index contributed by atoms with van der Waals surface area (Å²) in [6, 6.07) is 13.8. The predicted octanol–water partition coefficient (Wildman–Crippen LogP) is 3.85. The van der Waals surface area contributed by atoms with Gasteiger partial charge >= 0.3 is 0 Å². The van der Waals surface area contributed by atoms with Crippen molar-refractivity contribution in [3.8, 4) is 17.7 Å². The maximum atomic E-state index is 9.30. The number of para-hydroxylation sites is 1. The lowest BCUT2D eigenvalue weighted by Crippen LogP contribution is -2.09. The molecule has 0 unspecified atom stereocenters. The molecule has 1 saturated carbocycles. The Bertz CT molecular complexity index is 634. The standard InChI is InChI=1S/C16H17N3O/c17-11-13-10-15(18)16(19(13)12-6-4-5-7-12)20-14-8-2-1-3-9-14/h1-3,8-10,12H,4-7,18H2. The van der Waals surface area contributed by atoms with Gasteiger partial charge in [-0.05, 0) is 25.0 Å². The van der Waals surface area contributed by atoms with Crippen LogP contribution in [0.1, 0.15) is 37.4 Å². The zero-order valence-corrected chi connectivity index (χ0v) is 11.2. The summed E-state index contributed by atoms with van der Waals surface area (Å²) in [5.41, 5.74) is 7.15. The van der Waals surface area contributed by atoms with Crippen LogP contribution in [0.25, 0.3) is 0 Å². The van der Waals surface area contributed by atoms with Crippen molar-refractivity contribution < 1.29 is 4.74 Å². The monoisotopic (exact) mass is 267 g/mol. The van der Waals surface area contributed by atoms with Crippen LogP contribution in [-0.2, 0) is 0 Å². The third-order valence-corrected chi connectivity index (χ3v) is 3.78. The lowest BCUT2D eigenvalue weighted by atomic mass is 10.2. The molecule has 0 radical (unpaired) electrons. The van der Waals surface area contributed by atoms with Crippen LogP contribution >= 0.6 is 0 Å². The number of rotatable bonds is 3. The number of aromatic nitrogens is 1. The highest BCUT2D eigenvalue weighted by Gasteiger charge is 2.25. The second kappa shape index (κ2) is 5.30. The first-order valence-corrected chi connectivity index (χ1v) is 6.93. The van der Waals surface area contributed by atoms with Crippen LogP contribution in [0.4, 0.5) is 5.69 Å². The van der Waals surface area contributed by atoms with Gasteiger partial charge in [-0.25, -0.2) is 0 Å². The largest absolute Gasteiger partial charge is 0.439 e. The topological polar surface area (TPSA) is 64.0 Å². The van der Waals surface area contributed by atoms with Crippen molar-refractivity contribution in [1.82, 2.24) is 4.57 Å². The summed E-state index contributed by atoms with van der Waals surface area (Å²) in [5, 5.41) is 9.30. The molecule has 4 nitrogen and oxygen atoms in total. The summed E-state index contributed by atoms with van der Waals surface area (Å²) in [7, 11) is 0. The van der Waals surface area contributed by atoms with Crippen molar-refractivity contribution in [2.45, 2.75) is 31.7 Å². The lowest BCUT2D eigenvalue weighted by Gasteiger charge is -2.17. The molecule has 0 amide bonds. The molecule has 1 aromatic heterocycles. The van der Waals surface area contributed by atoms with Gasteiger partial charge in [0.15, 0.2) is 0 Å². The molecule has 1 fully saturated rings. The second-order valence-electron chi connectivity index (χ2n) is 5.13. The third-order valence-electron chi connectivity index (χ3n) is 3.78. The lowest BCUT2D eigenvalue weighted by molar-refractivity contribution is 0.393. The van der Waals surface area contributed by atoms with Crippen molar-refractivity contribution in [1.29, 1.82) is 5.26 Å². The smallest absolute Gasteiger partial charge is 0.224 e. The van der Waals surface area contributed by atoms with Gasteiger partial charge in [-0.3, -0.25) is 4.57 Å². The number of hydrogen-bond donors (Lipinski definition) is 1. The fourth-order valence-corrected chi connectivity index (χ4v) is 2.85. The molecule has 0 aliphatic heterocycles. The molecule has 1 aromatic carbocycles. The van der Waals surface area contributed by atoms with Crippen LogP contribution < -0.4 is 10.5 Å². The van der Waals surface area contributed by atoms with Gasteiger partial charge in [0.05, 0.1) is 5.69 Å². The molecule has 102 valence electrons. The summed E-state index contributed by atoms with van der Waals surface area (Å²) in [5.74, 6) is 1.33. The number of anilines is 1. The van der Waals surface area contributed by atoms with Crippen LogP contribution in [0.2, 0.25) is 0 Å². The minimum Gasteiger partial charge on any atom is -0.439 e. The van der Waals surface area contributed by atoms with Gasteiger partial charge in [0.2, 0.25) is 5.88 Å². The van der Waals surface area contributed by atoms with E-state index in [1.807, 2.05) is 34.9 Å². The van der Waals surface area contributed by atoms with Crippen molar-refractivity contribution >= 4 is 5.69 Å². The van der Waals surface area contributed by atoms with E-state index in [0.29, 0.717) is 23.3 Å². The molecule has 2 N–H and O–H groups in total. The number of hydrogen-bond acceptors (Lipinski definition) is 3. The van der Waals surface area contributed by atoms with E-state index in [1.54, 1.807) is 6.07 Å². The van der Waals surface area contributed by atoms with Crippen molar-refractivity contribution in [3.63, 3.8) is 0 Å². The molecule has 3 rings (SSSR count). The first-order valence-electron chi connectivity index (χ1n) is 6.93. The minimum absolute atomic E-state index is 0.320. The Kier molecular flexibility index (Phi) is 3.34. The van der Waals surface area contributed by atoms with Gasteiger partial charge in [-0.2, -0.15) is 5.26 Å². The van der Waals surface area contributed by atoms with Crippen molar-refractivity contribution in [3.05, 3.63) is 42.1 Å². The van der Waals surface area contributed by atoms with E-state index in [4.69, 9.17) is 10.5 Å². The highest BCUT2D eigenvalue weighted by atomic mass is 16.5. The summed E-state index contributed by atoms with van der Waals surface area (Å²) in [4.78, 5) is 0. The van der Waals surface area contributed by atoms with Crippen LogP contribution in [0.3, 0.4) is 0 Å². The third kappa shape index (κ3) is 2.23. The number of benzene rings is 1. The van der Waals surface area contributed by atoms with Gasteiger partial charge in [0.1, 0.15) is 17.5 Å². The molecule has 2 aromatic rings. The Balaban J connectivity index is 2.01. The molecule has 4 heteroatoms. The van der Waals surface area contributed by atoms with E-state index in [-0.39, 0.29) is 0 Å². The number of nitrogens with two attached hydrogens (primary N) is 1. The molecular weight excluding hydrogens is 250 g/mol. The first-order chi connectivity index (χ1) is 9.79. The molecular formula is C16H17N3O. The predicted molar refractivity (Wildman–Crippen MR) is 77.6 cm³/mol. The van der Waals surface area contributed by atoms with E-state index in [1.165, 1.54) is 12.8 Å². The Morgan fingerprint density at radius 1 is 1.20 bits per heavy atom. The minimum atomic E-state index is 0.320. The highest BCUT2D eigenvalue weighted by Crippen LogP contribution is 2.39. The molecule has 0 spiro atoms. The van der Waals surface area contributed by atoms with Gasteiger partial charge < -0.3 is 10.5 Å². The van der Waals surface area contributed by atoms with E-state index >= 15 is 0 Å². The fourth-order valence-electron chi connectivity index (χ4n) is 2.85. The van der Waals surface area contributed by atoms with Crippen LogP contribution in [0.5, 0.6) is 11.6 Å². The first kappa shape index (κ1) is 12.6. The van der Waals surface area contributed by atoms with Gasteiger partial charge in [0.25, 0.3) is 0 Å². The Labute approximate surface area is 118 Å². The Morgan fingerprint density at radius 2 is 1.90 bits per heavy atom. The van der Waals surface area contributed by atoms with Gasteiger partial charge in [-0.15, -0.1) is 0 Å². The Hall–Kier alpha value is -2.41. The molecule has 0 saturated heterocycles. The molecule has 1 aliphatic carbocycles. The quantitative estimate of drug-likeness (QED) is 0.918. The summed E-state index contributed by atoms with van der Waals surface area (Å²) >= 11 is 0. The number of nitriles is 1. The molecule has 1 aliphatic rings. The van der Waals surface area contributed by atoms with Gasteiger partial charge in [0, 0.05) is 12.1 Å². The van der Waals surface area contributed by atoms with E-state index in [2.05, 4.69) is 6.07 Å². The molecule has 20 heavy (non-hydrogen) atoms. The summed E-state index contributed by atoms with van der Waals surface area (Å²) in [6.45, 7) is 0. The molecule has 0 bridgehead atoms. The normalized spacial score (nSPS) is 15.2. The van der Waals surface area contributed by atoms with E-state index in [9.17, 15) is 5.26 Å². The van der Waals surface area contributed by atoms with Crippen molar-refractivity contribution in [2.75, 3.05) is 5.73 Å². The summed E-state index contributed by atoms with van der Waals surface area (Å²) < 4.78 is 7.89. The van der Waals surface area contributed by atoms with Crippen LogP contribution in [0.15, 0.2) is 36.4 Å². The van der Waals surface area contributed by atoms with Crippen LogP contribution in [0, 0.1) is 11.3 Å². The fraction of sp³-hybridized carbons (Fsp3) is 0.312. The van der Waals surface area contributed by atoms with Crippen molar-refractivity contribution in [2.24, 2.45) is 0 Å². The zero-order chi connectivity index (χ0) is 13.9. The zero-order valence-electron chi connectivity index (χ0n) is 11.2. The maximum absolute atomic E-state index is 9.30. The second-order valence-corrected chi connectivity index (χ2v) is 5.13. The summed E-state index contributed by atoms with van der Waals surface area (Å²) in [6.07, 6.45) is 4.54. The van der Waals surface area contributed by atoms with Crippen LogP contribution in [-0.4, -0.2) is 4.57 Å². The molecule has 1 heterocycles. The van der Waals surface area contributed by atoms with Gasteiger partial charge in [-0.1, -0.05) is 31.0 Å². The van der Waals surface area contributed by atoms with E-state index < -0.39 is 0 Å². The highest BCUT2D eigenvalue weighted by molar-refractivity contribution is 5.56. The van der Waals surface area contributed by atoms with E-state index in [0.717, 1.165) is 18.6 Å². The SMILES string of the molecule is N#Cc1cc(N)c(Oc2ccccc2)n1C1CCCC1. The number of nitrogens with zero attached hydrogens (tertiary/aromatic N) is 2. The number of nitrogen functional groups attached to an aromatic ring is 1. The molecule has 0 atom stereocenters.